The Morgan fingerprint density at radius 1 is 1.23 bits per heavy atom. The van der Waals surface area contributed by atoms with Crippen LogP contribution >= 0.6 is 11.6 Å². The molecule has 1 N–H and O–H groups in total. The van der Waals surface area contributed by atoms with E-state index in [1.807, 2.05) is 6.92 Å². The van der Waals surface area contributed by atoms with Crippen molar-refractivity contribution in [3.8, 4) is 17.3 Å². The summed E-state index contributed by atoms with van der Waals surface area (Å²) in [6.45, 7) is 3.87. The Kier molecular flexibility index (Phi) is 5.58. The first-order valence-electron chi connectivity index (χ1n) is 9.46. The maximum Gasteiger partial charge on any atom is 0.259 e. The number of carbonyl (C=O) groups excluding carboxylic acids is 1. The lowest BCUT2D eigenvalue weighted by atomic mass is 10.2. The number of pyridine rings is 1. The molecule has 4 aromatic rings. The van der Waals surface area contributed by atoms with Crippen LogP contribution in [-0.4, -0.2) is 30.8 Å². The maximum atomic E-state index is 12.7. The zero-order valence-corrected chi connectivity index (χ0v) is 17.2. The lowest BCUT2D eigenvalue weighted by Gasteiger charge is -2.07. The normalized spacial score (nSPS) is 10.9. The summed E-state index contributed by atoms with van der Waals surface area (Å²) >= 11 is 5.89. The summed E-state index contributed by atoms with van der Waals surface area (Å²) in [4.78, 5) is 21.4. The molecule has 152 valence electrons. The van der Waals surface area contributed by atoms with Crippen molar-refractivity contribution in [1.29, 1.82) is 0 Å². The van der Waals surface area contributed by atoms with Gasteiger partial charge >= 0.3 is 0 Å². The first-order valence-corrected chi connectivity index (χ1v) is 9.84. The van der Waals surface area contributed by atoms with Crippen molar-refractivity contribution in [2.24, 2.45) is 0 Å². The maximum absolute atomic E-state index is 12.7. The standard InChI is InChI=1S/C21H19ClN6O2/c1-3-4-18-26-21(30-27-18)14-9-10-23-19(11-14)28-13(2)17(12-24-28)20(29)25-16-7-5-15(22)6-8-16/h5-12H,3-4H2,1-2H3,(H,25,29). The van der Waals surface area contributed by atoms with Gasteiger partial charge in [0.25, 0.3) is 11.8 Å². The van der Waals surface area contributed by atoms with Crippen LogP contribution in [0.3, 0.4) is 0 Å². The van der Waals surface area contributed by atoms with Crippen LogP contribution in [0.1, 0.15) is 35.2 Å². The van der Waals surface area contributed by atoms with Crippen LogP contribution in [0.2, 0.25) is 5.02 Å². The highest BCUT2D eigenvalue weighted by atomic mass is 35.5. The van der Waals surface area contributed by atoms with Crippen LogP contribution in [0, 0.1) is 6.92 Å². The molecule has 0 aliphatic rings. The number of carbonyl (C=O) groups is 1. The number of hydrogen-bond acceptors (Lipinski definition) is 6. The highest BCUT2D eigenvalue weighted by Gasteiger charge is 2.17. The fourth-order valence-corrected chi connectivity index (χ4v) is 3.08. The van der Waals surface area contributed by atoms with Crippen LogP contribution in [0.25, 0.3) is 17.3 Å². The van der Waals surface area contributed by atoms with E-state index in [2.05, 4.69) is 32.5 Å². The molecule has 0 spiro atoms. The van der Waals surface area contributed by atoms with Crippen LogP contribution in [-0.2, 0) is 6.42 Å². The number of halogens is 1. The second-order valence-corrected chi connectivity index (χ2v) is 7.12. The lowest BCUT2D eigenvalue weighted by molar-refractivity contribution is 0.102. The van der Waals surface area contributed by atoms with Gasteiger partial charge in [-0.05, 0) is 49.7 Å². The second kappa shape index (κ2) is 8.46. The molecule has 0 bridgehead atoms. The van der Waals surface area contributed by atoms with Crippen molar-refractivity contribution < 1.29 is 9.32 Å². The van der Waals surface area contributed by atoms with Gasteiger partial charge in [-0.1, -0.05) is 23.7 Å². The van der Waals surface area contributed by atoms with Crippen molar-refractivity contribution in [3.05, 3.63) is 70.9 Å². The number of hydrogen-bond donors (Lipinski definition) is 1. The fraction of sp³-hybridized carbons (Fsp3) is 0.190. The molecule has 30 heavy (non-hydrogen) atoms. The highest BCUT2D eigenvalue weighted by Crippen LogP contribution is 2.21. The molecule has 9 heteroatoms. The Bertz CT molecular complexity index is 1180. The number of rotatable bonds is 6. The highest BCUT2D eigenvalue weighted by molar-refractivity contribution is 6.30. The van der Waals surface area contributed by atoms with E-state index in [-0.39, 0.29) is 5.91 Å². The molecule has 0 saturated heterocycles. The average molecular weight is 423 g/mol. The summed E-state index contributed by atoms with van der Waals surface area (Å²) in [6, 6.07) is 10.5. The minimum atomic E-state index is -0.265. The second-order valence-electron chi connectivity index (χ2n) is 6.68. The van der Waals surface area contributed by atoms with Crippen LogP contribution in [0.5, 0.6) is 0 Å². The number of benzene rings is 1. The minimum Gasteiger partial charge on any atom is -0.334 e. The van der Waals surface area contributed by atoms with Gasteiger partial charge in [0.2, 0.25) is 0 Å². The predicted molar refractivity (Wildman–Crippen MR) is 113 cm³/mol. The number of aryl methyl sites for hydroxylation is 1. The molecule has 1 aromatic carbocycles. The first-order chi connectivity index (χ1) is 14.5. The van der Waals surface area contributed by atoms with Gasteiger partial charge < -0.3 is 9.84 Å². The van der Waals surface area contributed by atoms with Crippen LogP contribution < -0.4 is 5.32 Å². The summed E-state index contributed by atoms with van der Waals surface area (Å²) in [5, 5.41) is 11.8. The first kappa shape index (κ1) is 19.8. The van der Waals surface area contributed by atoms with E-state index in [0.717, 1.165) is 18.4 Å². The molecule has 0 radical (unpaired) electrons. The van der Waals surface area contributed by atoms with Gasteiger partial charge in [-0.25, -0.2) is 9.67 Å². The molecule has 0 aliphatic carbocycles. The van der Waals surface area contributed by atoms with Gasteiger partial charge in [0.15, 0.2) is 11.6 Å². The van der Waals surface area contributed by atoms with Crippen molar-refractivity contribution in [2.45, 2.75) is 26.7 Å². The molecule has 0 aliphatic heterocycles. The number of anilines is 1. The van der Waals surface area contributed by atoms with E-state index in [0.29, 0.717) is 39.5 Å². The van der Waals surface area contributed by atoms with Gasteiger partial charge in [-0.2, -0.15) is 10.1 Å². The van der Waals surface area contributed by atoms with E-state index in [4.69, 9.17) is 16.1 Å². The van der Waals surface area contributed by atoms with E-state index >= 15 is 0 Å². The quantitative estimate of drug-likeness (QED) is 0.491. The summed E-state index contributed by atoms with van der Waals surface area (Å²) in [6.07, 6.45) is 4.85. The molecule has 0 fully saturated rings. The third-order valence-corrected chi connectivity index (χ3v) is 4.76. The molecule has 3 aromatic heterocycles. The van der Waals surface area contributed by atoms with Gasteiger partial charge in [0, 0.05) is 28.9 Å². The van der Waals surface area contributed by atoms with Crippen LogP contribution in [0.4, 0.5) is 5.69 Å². The summed E-state index contributed by atoms with van der Waals surface area (Å²) in [7, 11) is 0. The van der Waals surface area contributed by atoms with Gasteiger partial charge in [0.05, 0.1) is 17.5 Å². The van der Waals surface area contributed by atoms with Gasteiger partial charge in [-0.3, -0.25) is 4.79 Å². The van der Waals surface area contributed by atoms with Crippen molar-refractivity contribution in [3.63, 3.8) is 0 Å². The van der Waals surface area contributed by atoms with Crippen LogP contribution in [0.15, 0.2) is 53.3 Å². The Morgan fingerprint density at radius 3 is 2.80 bits per heavy atom. The molecule has 0 unspecified atom stereocenters. The van der Waals surface area contributed by atoms with Crippen molar-refractivity contribution in [2.75, 3.05) is 5.32 Å². The molecule has 8 nitrogen and oxygen atoms in total. The average Bonchev–Trinajstić information content (AvgIpc) is 3.37. The third-order valence-electron chi connectivity index (χ3n) is 4.51. The number of amides is 1. The van der Waals surface area contributed by atoms with E-state index in [1.54, 1.807) is 47.3 Å². The lowest BCUT2D eigenvalue weighted by Crippen LogP contribution is -2.13. The Labute approximate surface area is 177 Å². The van der Waals surface area contributed by atoms with Crippen molar-refractivity contribution in [1.82, 2.24) is 24.9 Å². The zero-order chi connectivity index (χ0) is 21.1. The predicted octanol–water partition coefficient (Wildman–Crippen LogP) is 4.48. The third kappa shape index (κ3) is 4.08. The SMILES string of the molecule is CCCc1noc(-c2ccnc(-n3ncc(C(=O)Nc4ccc(Cl)cc4)c3C)c2)n1. The van der Waals surface area contributed by atoms with E-state index < -0.39 is 0 Å². The molecular formula is C21H19ClN6O2. The monoisotopic (exact) mass is 422 g/mol. The van der Waals surface area contributed by atoms with Crippen molar-refractivity contribution >= 4 is 23.2 Å². The summed E-state index contributed by atoms with van der Waals surface area (Å²) in [5.41, 5.74) is 2.48. The molecule has 1 amide bonds. The summed E-state index contributed by atoms with van der Waals surface area (Å²) < 4.78 is 6.95. The molecule has 0 saturated carbocycles. The zero-order valence-electron chi connectivity index (χ0n) is 16.5. The smallest absolute Gasteiger partial charge is 0.259 e. The van der Waals surface area contributed by atoms with E-state index in [1.165, 1.54) is 6.20 Å². The van der Waals surface area contributed by atoms with E-state index in [9.17, 15) is 4.79 Å². The molecule has 4 rings (SSSR count). The Hall–Kier alpha value is -3.52. The molecule has 3 heterocycles. The largest absolute Gasteiger partial charge is 0.334 e. The molecule has 0 atom stereocenters. The van der Waals surface area contributed by atoms with Gasteiger partial charge in [0.1, 0.15) is 0 Å². The Morgan fingerprint density at radius 2 is 2.03 bits per heavy atom. The van der Waals surface area contributed by atoms with Gasteiger partial charge in [-0.15, -0.1) is 0 Å². The molecular weight excluding hydrogens is 404 g/mol. The topological polar surface area (TPSA) is 98.7 Å². The minimum absolute atomic E-state index is 0.265. The number of nitrogens with zero attached hydrogens (tertiary/aromatic N) is 5. The summed E-state index contributed by atoms with van der Waals surface area (Å²) in [5.74, 6) is 1.37. The number of nitrogens with one attached hydrogen (secondary N) is 1. The number of aromatic nitrogens is 5. The fourth-order valence-electron chi connectivity index (χ4n) is 2.96. The Balaban J connectivity index is 1.58.